The molecule has 0 saturated carbocycles. The molecule has 0 aliphatic heterocycles. The molecular weight excluding hydrogens is 243 g/mol. The number of pyridine rings is 1. The molecule has 0 aliphatic carbocycles. The number of imidazole rings is 1. The van der Waals surface area contributed by atoms with E-state index in [2.05, 4.69) is 4.98 Å². The number of rotatable bonds is 2. The van der Waals surface area contributed by atoms with Crippen LogP contribution in [0.15, 0.2) is 42.5 Å². The second kappa shape index (κ2) is 4.31. The Labute approximate surface area is 109 Å². The van der Waals surface area contributed by atoms with Crippen LogP contribution in [-0.2, 0) is 0 Å². The predicted molar refractivity (Wildman–Crippen MR) is 70.7 cm³/mol. The third-order valence-corrected chi connectivity index (χ3v) is 3.10. The molecule has 0 radical (unpaired) electrons. The van der Waals surface area contributed by atoms with Crippen LogP contribution >= 0.6 is 0 Å². The van der Waals surface area contributed by atoms with Gasteiger partial charge in [-0.15, -0.1) is 0 Å². The Hall–Kier alpha value is -2.49. The van der Waals surface area contributed by atoms with Gasteiger partial charge in [0.1, 0.15) is 22.9 Å². The number of fused-ring (bicyclic) bond motifs is 1. The van der Waals surface area contributed by atoms with E-state index in [-0.39, 0.29) is 5.82 Å². The number of hydrogen-bond donors (Lipinski definition) is 0. The summed E-state index contributed by atoms with van der Waals surface area (Å²) in [5.74, 6) is -0.309. The minimum absolute atomic E-state index is 0.309. The van der Waals surface area contributed by atoms with Crippen molar-refractivity contribution >= 4 is 11.9 Å². The van der Waals surface area contributed by atoms with E-state index < -0.39 is 0 Å². The van der Waals surface area contributed by atoms with Gasteiger partial charge in [-0.1, -0.05) is 6.07 Å². The number of nitrogens with zero attached hydrogens (tertiary/aromatic N) is 2. The Morgan fingerprint density at radius 3 is 2.58 bits per heavy atom. The lowest BCUT2D eigenvalue weighted by Gasteiger charge is -2.01. The second-order valence-electron chi connectivity index (χ2n) is 4.33. The molecule has 0 aliphatic rings. The number of hydrogen-bond acceptors (Lipinski definition) is 2. The molecule has 2 aromatic heterocycles. The zero-order valence-corrected chi connectivity index (χ0v) is 10.3. The van der Waals surface area contributed by atoms with E-state index >= 15 is 0 Å². The molecule has 3 aromatic rings. The molecule has 0 amide bonds. The molecule has 3 rings (SSSR count). The van der Waals surface area contributed by atoms with Gasteiger partial charge in [-0.2, -0.15) is 0 Å². The Kier molecular flexibility index (Phi) is 2.63. The number of carbonyl (C=O) groups is 1. The summed E-state index contributed by atoms with van der Waals surface area (Å²) < 4.78 is 14.8. The van der Waals surface area contributed by atoms with E-state index in [1.165, 1.54) is 12.1 Å². The van der Waals surface area contributed by atoms with E-state index in [1.54, 1.807) is 16.5 Å². The van der Waals surface area contributed by atoms with Crippen LogP contribution < -0.4 is 0 Å². The summed E-state index contributed by atoms with van der Waals surface area (Å²) in [5, 5.41) is 0. The molecule has 3 nitrogen and oxygen atoms in total. The minimum Gasteiger partial charge on any atom is -0.296 e. The fourth-order valence-electron chi connectivity index (χ4n) is 2.21. The van der Waals surface area contributed by atoms with Crippen LogP contribution in [0, 0.1) is 12.7 Å². The van der Waals surface area contributed by atoms with E-state index in [0.29, 0.717) is 17.0 Å². The van der Waals surface area contributed by atoms with Crippen molar-refractivity contribution in [3.05, 3.63) is 59.7 Å². The number of benzene rings is 1. The number of aldehydes is 1. The Bertz CT molecular complexity index is 760. The molecule has 19 heavy (non-hydrogen) atoms. The summed E-state index contributed by atoms with van der Waals surface area (Å²) in [4.78, 5) is 15.8. The monoisotopic (exact) mass is 254 g/mol. The van der Waals surface area contributed by atoms with Gasteiger partial charge in [0.15, 0.2) is 6.29 Å². The first kappa shape index (κ1) is 11.6. The lowest BCUT2D eigenvalue weighted by atomic mass is 10.1. The van der Waals surface area contributed by atoms with Crippen LogP contribution in [0.5, 0.6) is 0 Å². The quantitative estimate of drug-likeness (QED) is 0.658. The predicted octanol–water partition coefficient (Wildman–Crippen LogP) is 3.26. The largest absolute Gasteiger partial charge is 0.296 e. The van der Waals surface area contributed by atoms with Crippen LogP contribution in [0.2, 0.25) is 0 Å². The molecule has 4 heteroatoms. The van der Waals surface area contributed by atoms with Crippen molar-refractivity contribution in [1.82, 2.24) is 9.38 Å². The highest BCUT2D eigenvalue weighted by Crippen LogP contribution is 2.24. The third-order valence-electron chi connectivity index (χ3n) is 3.10. The molecule has 1 aromatic carbocycles. The lowest BCUT2D eigenvalue weighted by Crippen LogP contribution is -1.96. The lowest BCUT2D eigenvalue weighted by molar-refractivity contribution is 0.111. The van der Waals surface area contributed by atoms with Gasteiger partial charge in [-0.05, 0) is 43.3 Å². The summed E-state index contributed by atoms with van der Waals surface area (Å²) in [6.45, 7) is 1.91. The van der Waals surface area contributed by atoms with Gasteiger partial charge in [-0.3, -0.25) is 9.20 Å². The van der Waals surface area contributed by atoms with Crippen LogP contribution in [0.25, 0.3) is 16.9 Å². The van der Waals surface area contributed by atoms with Gasteiger partial charge in [0.25, 0.3) is 0 Å². The standard InChI is InChI=1S/C15H11FN2O/c1-10-3-2-4-14-17-15(13(9-19)18(10)14)11-5-7-12(16)8-6-11/h2-9H,1H3. The van der Waals surface area contributed by atoms with Gasteiger partial charge >= 0.3 is 0 Å². The highest BCUT2D eigenvalue weighted by Gasteiger charge is 2.14. The molecule has 0 spiro atoms. The molecule has 0 saturated heterocycles. The van der Waals surface area contributed by atoms with Crippen molar-refractivity contribution in [2.45, 2.75) is 6.92 Å². The Morgan fingerprint density at radius 1 is 1.16 bits per heavy atom. The van der Waals surface area contributed by atoms with Crippen molar-refractivity contribution in [3.63, 3.8) is 0 Å². The van der Waals surface area contributed by atoms with E-state index in [9.17, 15) is 9.18 Å². The van der Waals surface area contributed by atoms with Crippen molar-refractivity contribution in [3.8, 4) is 11.3 Å². The average Bonchev–Trinajstić information content (AvgIpc) is 2.79. The molecule has 2 heterocycles. The minimum atomic E-state index is -0.309. The summed E-state index contributed by atoms with van der Waals surface area (Å²) in [7, 11) is 0. The van der Waals surface area contributed by atoms with Crippen LogP contribution in [0.1, 0.15) is 16.2 Å². The summed E-state index contributed by atoms with van der Waals surface area (Å²) >= 11 is 0. The van der Waals surface area contributed by atoms with Crippen molar-refractivity contribution in [2.75, 3.05) is 0 Å². The second-order valence-corrected chi connectivity index (χ2v) is 4.33. The first-order valence-corrected chi connectivity index (χ1v) is 5.90. The van der Waals surface area contributed by atoms with Crippen molar-refractivity contribution in [2.24, 2.45) is 0 Å². The molecular formula is C15H11FN2O. The van der Waals surface area contributed by atoms with Gasteiger partial charge in [0, 0.05) is 11.3 Å². The van der Waals surface area contributed by atoms with Crippen molar-refractivity contribution < 1.29 is 9.18 Å². The molecule has 0 atom stereocenters. The van der Waals surface area contributed by atoms with Crippen LogP contribution in [0.4, 0.5) is 4.39 Å². The number of halogens is 1. The molecule has 0 fully saturated rings. The maximum atomic E-state index is 13.0. The first-order valence-electron chi connectivity index (χ1n) is 5.90. The normalized spacial score (nSPS) is 10.8. The fraction of sp³-hybridized carbons (Fsp3) is 0.0667. The topological polar surface area (TPSA) is 34.4 Å². The Morgan fingerprint density at radius 2 is 1.89 bits per heavy atom. The number of carbonyl (C=O) groups excluding carboxylic acids is 1. The van der Waals surface area contributed by atoms with E-state index in [4.69, 9.17) is 0 Å². The average molecular weight is 254 g/mol. The highest BCUT2D eigenvalue weighted by molar-refractivity contribution is 5.86. The summed E-state index contributed by atoms with van der Waals surface area (Å²) in [6.07, 6.45) is 0.783. The van der Waals surface area contributed by atoms with E-state index in [0.717, 1.165) is 17.5 Å². The van der Waals surface area contributed by atoms with Gasteiger partial charge in [0.05, 0.1) is 0 Å². The molecule has 0 bridgehead atoms. The SMILES string of the molecule is Cc1cccc2nc(-c3ccc(F)cc3)c(C=O)n12. The number of aromatic nitrogens is 2. The zero-order chi connectivity index (χ0) is 13.4. The maximum Gasteiger partial charge on any atom is 0.169 e. The smallest absolute Gasteiger partial charge is 0.169 e. The zero-order valence-electron chi connectivity index (χ0n) is 10.3. The summed E-state index contributed by atoms with van der Waals surface area (Å²) in [6, 6.07) is 11.6. The van der Waals surface area contributed by atoms with Gasteiger partial charge in [-0.25, -0.2) is 9.37 Å². The van der Waals surface area contributed by atoms with E-state index in [1.807, 2.05) is 25.1 Å². The maximum absolute atomic E-state index is 13.0. The summed E-state index contributed by atoms with van der Waals surface area (Å²) in [5.41, 5.74) is 3.43. The molecule has 0 unspecified atom stereocenters. The third kappa shape index (κ3) is 1.81. The first-order chi connectivity index (χ1) is 9.20. The molecule has 0 N–H and O–H groups in total. The Balaban J connectivity index is 2.32. The fourth-order valence-corrected chi connectivity index (χ4v) is 2.21. The highest BCUT2D eigenvalue weighted by atomic mass is 19.1. The van der Waals surface area contributed by atoms with Crippen LogP contribution in [-0.4, -0.2) is 15.7 Å². The van der Waals surface area contributed by atoms with Gasteiger partial charge < -0.3 is 0 Å². The van der Waals surface area contributed by atoms with Gasteiger partial charge in [0.2, 0.25) is 0 Å². The van der Waals surface area contributed by atoms with Crippen LogP contribution in [0.3, 0.4) is 0 Å². The molecule has 94 valence electrons. The number of aryl methyl sites for hydroxylation is 1. The van der Waals surface area contributed by atoms with Crippen molar-refractivity contribution in [1.29, 1.82) is 0 Å².